The van der Waals surface area contributed by atoms with Crippen molar-refractivity contribution in [1.82, 2.24) is 0 Å². The van der Waals surface area contributed by atoms with Crippen LogP contribution in [0.1, 0.15) is 48.5 Å². The van der Waals surface area contributed by atoms with Gasteiger partial charge in [0.25, 0.3) is 0 Å². The minimum Gasteiger partial charge on any atom is -0.373 e. The maximum atomic E-state index is 14.0. The van der Waals surface area contributed by atoms with Gasteiger partial charge in [0.1, 0.15) is 5.67 Å². The molecule has 0 spiro atoms. The lowest BCUT2D eigenvalue weighted by Gasteiger charge is -2.36. The van der Waals surface area contributed by atoms with Gasteiger partial charge in [-0.15, -0.1) is 0 Å². The van der Waals surface area contributed by atoms with E-state index in [1.165, 1.54) is 0 Å². The molecule has 80 valence electrons. The Morgan fingerprint density at radius 3 is 1.54 bits per heavy atom. The Balaban J connectivity index is 4.21. The van der Waals surface area contributed by atoms with Crippen LogP contribution in [0.25, 0.3) is 0 Å². The molecule has 0 N–H and O–H groups in total. The molecular formula is C11H23FO. The molecule has 1 atom stereocenters. The summed E-state index contributed by atoms with van der Waals surface area (Å²) in [4.78, 5) is 0. The van der Waals surface area contributed by atoms with Gasteiger partial charge >= 0.3 is 0 Å². The zero-order valence-electron chi connectivity index (χ0n) is 9.99. The highest BCUT2D eigenvalue weighted by atomic mass is 19.1. The van der Waals surface area contributed by atoms with Crippen LogP contribution in [0.3, 0.4) is 0 Å². The first-order valence-electron chi connectivity index (χ1n) is 4.79. The molecule has 0 aromatic rings. The summed E-state index contributed by atoms with van der Waals surface area (Å²) in [6, 6.07) is 0. The number of ether oxygens (including phenoxy) is 1. The minimum atomic E-state index is -1.28. The third-order valence-electron chi connectivity index (χ3n) is 2.34. The molecular weight excluding hydrogens is 167 g/mol. The van der Waals surface area contributed by atoms with Crippen LogP contribution in [-0.2, 0) is 4.74 Å². The lowest BCUT2D eigenvalue weighted by molar-refractivity contribution is -0.0945. The van der Waals surface area contributed by atoms with E-state index in [9.17, 15) is 4.39 Å². The van der Waals surface area contributed by atoms with Crippen LogP contribution in [0.2, 0.25) is 0 Å². The van der Waals surface area contributed by atoms with Crippen molar-refractivity contribution in [3.8, 4) is 0 Å². The molecule has 0 aliphatic rings. The summed E-state index contributed by atoms with van der Waals surface area (Å²) >= 11 is 0. The third kappa shape index (κ3) is 4.61. The molecule has 0 saturated heterocycles. The molecule has 1 nitrogen and oxygen atoms in total. The number of alkyl halides is 1. The van der Waals surface area contributed by atoms with Gasteiger partial charge in [0.05, 0.1) is 12.2 Å². The maximum Gasteiger partial charge on any atom is 0.136 e. The molecule has 1 unspecified atom stereocenters. The second-order valence-corrected chi connectivity index (χ2v) is 5.85. The Bertz CT molecular complexity index is 160. The van der Waals surface area contributed by atoms with Crippen molar-refractivity contribution >= 4 is 0 Å². The normalized spacial score (nSPS) is 18.5. The van der Waals surface area contributed by atoms with Gasteiger partial charge in [0, 0.05) is 0 Å². The topological polar surface area (TPSA) is 9.23 Å². The summed E-state index contributed by atoms with van der Waals surface area (Å²) in [6.45, 7) is 13.2. The van der Waals surface area contributed by atoms with Gasteiger partial charge in [-0.25, -0.2) is 4.39 Å². The fraction of sp³-hybridized carbons (Fsp3) is 1.00. The van der Waals surface area contributed by atoms with E-state index in [1.54, 1.807) is 6.92 Å². The lowest BCUT2D eigenvalue weighted by Crippen LogP contribution is -2.42. The highest BCUT2D eigenvalue weighted by Crippen LogP contribution is 2.34. The SMILES string of the molecule is CC(C)(C)OCC(C)(F)C(C)(C)C. The molecule has 0 aliphatic heterocycles. The summed E-state index contributed by atoms with van der Waals surface area (Å²) in [5, 5.41) is 0. The molecule has 0 rings (SSSR count). The molecule has 0 aliphatic carbocycles. The van der Waals surface area contributed by atoms with Crippen molar-refractivity contribution in [2.75, 3.05) is 6.61 Å². The van der Waals surface area contributed by atoms with Gasteiger partial charge < -0.3 is 4.74 Å². The quantitative estimate of drug-likeness (QED) is 0.646. The van der Waals surface area contributed by atoms with E-state index >= 15 is 0 Å². The average Bonchev–Trinajstić information content (AvgIpc) is 1.79. The van der Waals surface area contributed by atoms with Gasteiger partial charge in [-0.2, -0.15) is 0 Å². The van der Waals surface area contributed by atoms with Crippen molar-refractivity contribution < 1.29 is 9.13 Å². The van der Waals surface area contributed by atoms with Crippen LogP contribution in [0.5, 0.6) is 0 Å². The van der Waals surface area contributed by atoms with Gasteiger partial charge in [-0.1, -0.05) is 20.8 Å². The molecule has 2 heteroatoms. The Morgan fingerprint density at radius 2 is 1.31 bits per heavy atom. The Morgan fingerprint density at radius 1 is 0.923 bits per heavy atom. The fourth-order valence-electron chi connectivity index (χ4n) is 0.569. The molecule has 13 heavy (non-hydrogen) atoms. The highest BCUT2D eigenvalue weighted by molar-refractivity contribution is 4.87. The molecule has 0 amide bonds. The van der Waals surface area contributed by atoms with Crippen LogP contribution in [0.15, 0.2) is 0 Å². The number of halogens is 1. The maximum absolute atomic E-state index is 14.0. The lowest BCUT2D eigenvalue weighted by atomic mass is 9.80. The Hall–Kier alpha value is -0.110. The highest BCUT2D eigenvalue weighted by Gasteiger charge is 2.38. The Kier molecular flexibility index (Phi) is 3.53. The zero-order chi connectivity index (χ0) is 10.9. The van der Waals surface area contributed by atoms with Crippen LogP contribution < -0.4 is 0 Å². The van der Waals surface area contributed by atoms with Crippen molar-refractivity contribution in [3.05, 3.63) is 0 Å². The summed E-state index contributed by atoms with van der Waals surface area (Å²) < 4.78 is 19.4. The second kappa shape index (κ2) is 3.56. The zero-order valence-corrected chi connectivity index (χ0v) is 9.99. The molecule has 0 aromatic carbocycles. The fourth-order valence-corrected chi connectivity index (χ4v) is 0.569. The molecule has 0 radical (unpaired) electrons. The third-order valence-corrected chi connectivity index (χ3v) is 2.34. The second-order valence-electron chi connectivity index (χ2n) is 5.85. The molecule has 0 aromatic heterocycles. The van der Waals surface area contributed by atoms with E-state index in [0.717, 1.165) is 0 Å². The van der Waals surface area contributed by atoms with Crippen LogP contribution in [0.4, 0.5) is 4.39 Å². The first-order chi connectivity index (χ1) is 5.46. The number of rotatable bonds is 2. The van der Waals surface area contributed by atoms with E-state index in [4.69, 9.17) is 4.74 Å². The Labute approximate surface area is 81.7 Å². The summed E-state index contributed by atoms with van der Waals surface area (Å²) in [5.74, 6) is 0. The van der Waals surface area contributed by atoms with Crippen LogP contribution in [0, 0.1) is 5.41 Å². The minimum absolute atomic E-state index is 0.153. The monoisotopic (exact) mass is 190 g/mol. The number of hydrogen-bond donors (Lipinski definition) is 0. The van der Waals surface area contributed by atoms with E-state index in [2.05, 4.69) is 0 Å². The van der Waals surface area contributed by atoms with Gasteiger partial charge in [-0.3, -0.25) is 0 Å². The van der Waals surface area contributed by atoms with E-state index < -0.39 is 5.67 Å². The standard InChI is InChI=1S/C11H23FO/c1-9(2,3)11(7,12)8-13-10(4,5)6/h8H2,1-7H3. The average molecular weight is 190 g/mol. The van der Waals surface area contributed by atoms with Gasteiger partial charge in [0.2, 0.25) is 0 Å². The summed E-state index contributed by atoms with van der Waals surface area (Å²) in [6.07, 6.45) is 0. The van der Waals surface area contributed by atoms with Gasteiger partial charge in [0.15, 0.2) is 0 Å². The predicted octanol–water partition coefficient (Wildman–Crippen LogP) is 3.58. The molecule has 0 fully saturated rings. The van der Waals surface area contributed by atoms with Crippen molar-refractivity contribution in [2.24, 2.45) is 5.41 Å². The molecule has 0 bridgehead atoms. The molecule has 0 heterocycles. The first kappa shape index (κ1) is 12.9. The van der Waals surface area contributed by atoms with E-state index in [-0.39, 0.29) is 17.6 Å². The number of hydrogen-bond acceptors (Lipinski definition) is 1. The van der Waals surface area contributed by atoms with E-state index in [1.807, 2.05) is 41.5 Å². The van der Waals surface area contributed by atoms with Crippen LogP contribution >= 0.6 is 0 Å². The predicted molar refractivity (Wildman–Crippen MR) is 54.7 cm³/mol. The summed E-state index contributed by atoms with van der Waals surface area (Å²) in [5.41, 5.74) is -1.92. The van der Waals surface area contributed by atoms with Crippen molar-refractivity contribution in [3.63, 3.8) is 0 Å². The van der Waals surface area contributed by atoms with Gasteiger partial charge in [-0.05, 0) is 33.1 Å². The van der Waals surface area contributed by atoms with Crippen molar-refractivity contribution in [1.29, 1.82) is 0 Å². The smallest absolute Gasteiger partial charge is 0.136 e. The molecule has 0 saturated carbocycles. The largest absolute Gasteiger partial charge is 0.373 e. The van der Waals surface area contributed by atoms with E-state index in [0.29, 0.717) is 0 Å². The van der Waals surface area contributed by atoms with Crippen LogP contribution in [-0.4, -0.2) is 17.9 Å². The van der Waals surface area contributed by atoms with Crippen molar-refractivity contribution in [2.45, 2.75) is 59.7 Å². The summed E-state index contributed by atoms with van der Waals surface area (Å²) in [7, 11) is 0. The first-order valence-corrected chi connectivity index (χ1v) is 4.79.